The van der Waals surface area contributed by atoms with E-state index in [4.69, 9.17) is 4.74 Å². The van der Waals surface area contributed by atoms with Crippen LogP contribution in [0.25, 0.3) is 0 Å². The Morgan fingerprint density at radius 1 is 1.38 bits per heavy atom. The summed E-state index contributed by atoms with van der Waals surface area (Å²) in [6.07, 6.45) is -4.36. The lowest BCUT2D eigenvalue weighted by atomic mass is 9.94. The lowest BCUT2D eigenvalue weighted by Gasteiger charge is -2.36. The number of nitrogens with zero attached hydrogens (tertiary/aromatic N) is 1. The predicted molar refractivity (Wildman–Crippen MR) is 42.5 cm³/mol. The van der Waals surface area contributed by atoms with Crippen LogP contribution in [0.5, 0.6) is 0 Å². The van der Waals surface area contributed by atoms with Gasteiger partial charge in [-0.3, -0.25) is 0 Å². The zero-order valence-electron chi connectivity index (χ0n) is 7.77. The summed E-state index contributed by atoms with van der Waals surface area (Å²) in [5.74, 6) is -1.34. The van der Waals surface area contributed by atoms with E-state index in [0.29, 0.717) is 13.0 Å². The molecule has 78 valence electrons. The Bertz CT molecular complexity index is 171. The molecule has 0 radical (unpaired) electrons. The number of halogens is 3. The molecule has 2 nitrogen and oxygen atoms in total. The molecule has 5 heteroatoms. The molecule has 13 heavy (non-hydrogen) atoms. The highest BCUT2D eigenvalue weighted by atomic mass is 19.4. The van der Waals surface area contributed by atoms with Gasteiger partial charge in [-0.05, 0) is 13.5 Å². The standard InChI is InChI=1S/C8H14F3NO/c1-12-4-3-7(13-2)6(5-12)8(9,10)11/h6-7H,3-5H2,1-2H3. The quantitative estimate of drug-likeness (QED) is 0.632. The third-order valence-corrected chi connectivity index (χ3v) is 2.48. The molecule has 2 atom stereocenters. The summed E-state index contributed by atoms with van der Waals surface area (Å²) in [5, 5.41) is 0. The fraction of sp³-hybridized carbons (Fsp3) is 1.00. The molecule has 1 fully saturated rings. The second-order valence-corrected chi connectivity index (χ2v) is 3.47. The van der Waals surface area contributed by atoms with Gasteiger partial charge in [0.1, 0.15) is 0 Å². The third kappa shape index (κ3) is 2.57. The first-order valence-electron chi connectivity index (χ1n) is 4.23. The van der Waals surface area contributed by atoms with E-state index in [1.807, 2.05) is 0 Å². The molecule has 0 spiro atoms. The molecule has 0 saturated carbocycles. The lowest BCUT2D eigenvalue weighted by molar-refractivity contribution is -0.216. The Labute approximate surface area is 75.7 Å². The van der Waals surface area contributed by atoms with Gasteiger partial charge in [0.2, 0.25) is 0 Å². The molecule has 2 unspecified atom stereocenters. The Morgan fingerprint density at radius 2 is 2.00 bits per heavy atom. The monoisotopic (exact) mass is 197 g/mol. The van der Waals surface area contributed by atoms with Crippen molar-refractivity contribution in [3.8, 4) is 0 Å². The molecule has 0 aromatic rings. The highest BCUT2D eigenvalue weighted by Gasteiger charge is 2.47. The Hall–Kier alpha value is -0.290. The van der Waals surface area contributed by atoms with E-state index >= 15 is 0 Å². The van der Waals surface area contributed by atoms with Gasteiger partial charge >= 0.3 is 6.18 Å². The minimum Gasteiger partial charge on any atom is -0.381 e. The van der Waals surface area contributed by atoms with Gasteiger partial charge in [-0.25, -0.2) is 0 Å². The molecule has 1 rings (SSSR count). The molecule has 1 aliphatic heterocycles. The third-order valence-electron chi connectivity index (χ3n) is 2.48. The zero-order valence-corrected chi connectivity index (χ0v) is 7.77. The van der Waals surface area contributed by atoms with Crippen molar-refractivity contribution < 1.29 is 17.9 Å². The highest BCUT2D eigenvalue weighted by molar-refractivity contribution is 4.84. The Morgan fingerprint density at radius 3 is 2.46 bits per heavy atom. The summed E-state index contributed by atoms with van der Waals surface area (Å²) in [4.78, 5) is 1.69. The molecular formula is C8H14F3NO. The SMILES string of the molecule is COC1CCN(C)CC1C(F)(F)F. The van der Waals surface area contributed by atoms with Crippen LogP contribution >= 0.6 is 0 Å². The maximum atomic E-state index is 12.4. The van der Waals surface area contributed by atoms with Crippen molar-refractivity contribution in [1.29, 1.82) is 0 Å². The van der Waals surface area contributed by atoms with Crippen LogP contribution in [-0.2, 0) is 4.74 Å². The number of rotatable bonds is 1. The van der Waals surface area contributed by atoms with Crippen LogP contribution in [0.15, 0.2) is 0 Å². The highest BCUT2D eigenvalue weighted by Crippen LogP contribution is 2.34. The van der Waals surface area contributed by atoms with Gasteiger partial charge in [0.15, 0.2) is 0 Å². The molecule has 0 amide bonds. The molecule has 0 aromatic carbocycles. The zero-order chi connectivity index (χ0) is 10.1. The van der Waals surface area contributed by atoms with E-state index in [1.54, 1.807) is 11.9 Å². The van der Waals surface area contributed by atoms with Gasteiger partial charge in [0.25, 0.3) is 0 Å². The number of likely N-dealkylation sites (tertiary alicyclic amines) is 1. The number of methoxy groups -OCH3 is 1. The van der Waals surface area contributed by atoms with Crippen molar-refractivity contribution >= 4 is 0 Å². The largest absolute Gasteiger partial charge is 0.395 e. The van der Waals surface area contributed by atoms with Gasteiger partial charge in [-0.1, -0.05) is 0 Å². The fourth-order valence-corrected chi connectivity index (χ4v) is 1.69. The average Bonchev–Trinajstić information content (AvgIpc) is 2.03. The first-order valence-corrected chi connectivity index (χ1v) is 4.23. The van der Waals surface area contributed by atoms with Crippen LogP contribution in [0, 0.1) is 5.92 Å². The minimum absolute atomic E-state index is 0.0437. The smallest absolute Gasteiger partial charge is 0.381 e. The molecular weight excluding hydrogens is 183 g/mol. The van der Waals surface area contributed by atoms with Gasteiger partial charge in [0.05, 0.1) is 12.0 Å². The topological polar surface area (TPSA) is 12.5 Å². The Balaban J connectivity index is 2.65. The number of alkyl halides is 3. The van der Waals surface area contributed by atoms with Crippen LogP contribution in [0.4, 0.5) is 13.2 Å². The number of ether oxygens (including phenoxy) is 1. The van der Waals surface area contributed by atoms with E-state index in [2.05, 4.69) is 0 Å². The van der Waals surface area contributed by atoms with Gasteiger partial charge in [-0.2, -0.15) is 13.2 Å². The van der Waals surface area contributed by atoms with Crippen molar-refractivity contribution in [2.75, 3.05) is 27.2 Å². The molecule has 0 aliphatic carbocycles. The second-order valence-electron chi connectivity index (χ2n) is 3.47. The lowest BCUT2D eigenvalue weighted by Crippen LogP contribution is -2.48. The van der Waals surface area contributed by atoms with Crippen LogP contribution < -0.4 is 0 Å². The maximum Gasteiger partial charge on any atom is 0.395 e. The summed E-state index contributed by atoms with van der Waals surface area (Å²) in [7, 11) is 3.04. The summed E-state index contributed by atoms with van der Waals surface area (Å²) in [6, 6.07) is 0. The minimum atomic E-state index is -4.14. The molecule has 1 saturated heterocycles. The van der Waals surface area contributed by atoms with E-state index in [1.165, 1.54) is 7.11 Å². The summed E-state index contributed by atoms with van der Waals surface area (Å²) in [5.41, 5.74) is 0. The summed E-state index contributed by atoms with van der Waals surface area (Å²) in [6.45, 7) is 0.715. The van der Waals surface area contributed by atoms with Gasteiger partial charge < -0.3 is 9.64 Å². The normalized spacial score (nSPS) is 32.1. The van der Waals surface area contributed by atoms with Crippen molar-refractivity contribution in [2.45, 2.75) is 18.7 Å². The molecule has 0 aromatic heterocycles. The fourth-order valence-electron chi connectivity index (χ4n) is 1.69. The van der Waals surface area contributed by atoms with Crippen molar-refractivity contribution in [3.05, 3.63) is 0 Å². The van der Waals surface area contributed by atoms with Crippen LogP contribution in [-0.4, -0.2) is 44.4 Å². The van der Waals surface area contributed by atoms with E-state index in [-0.39, 0.29) is 6.54 Å². The van der Waals surface area contributed by atoms with Gasteiger partial charge in [0, 0.05) is 20.2 Å². The number of piperidine rings is 1. The Kier molecular flexibility index (Phi) is 3.18. The summed E-state index contributed by atoms with van der Waals surface area (Å²) < 4.78 is 42.2. The van der Waals surface area contributed by atoms with E-state index < -0.39 is 18.2 Å². The van der Waals surface area contributed by atoms with Crippen LogP contribution in [0.1, 0.15) is 6.42 Å². The molecule has 1 aliphatic rings. The number of hydrogen-bond acceptors (Lipinski definition) is 2. The van der Waals surface area contributed by atoms with E-state index in [9.17, 15) is 13.2 Å². The maximum absolute atomic E-state index is 12.4. The summed E-state index contributed by atoms with van der Waals surface area (Å²) >= 11 is 0. The first kappa shape index (κ1) is 10.8. The number of hydrogen-bond donors (Lipinski definition) is 0. The molecule has 0 N–H and O–H groups in total. The van der Waals surface area contributed by atoms with Crippen LogP contribution in [0.2, 0.25) is 0 Å². The molecule has 1 heterocycles. The van der Waals surface area contributed by atoms with Crippen molar-refractivity contribution in [3.63, 3.8) is 0 Å². The second kappa shape index (κ2) is 3.84. The average molecular weight is 197 g/mol. The molecule has 0 bridgehead atoms. The van der Waals surface area contributed by atoms with Crippen molar-refractivity contribution in [1.82, 2.24) is 4.90 Å². The van der Waals surface area contributed by atoms with Gasteiger partial charge in [-0.15, -0.1) is 0 Å². The van der Waals surface area contributed by atoms with Crippen LogP contribution in [0.3, 0.4) is 0 Å². The van der Waals surface area contributed by atoms with E-state index in [0.717, 1.165) is 0 Å². The first-order chi connectivity index (χ1) is 5.95. The van der Waals surface area contributed by atoms with Crippen molar-refractivity contribution in [2.24, 2.45) is 5.92 Å². The predicted octanol–water partition coefficient (Wildman–Crippen LogP) is 1.52.